The molecule has 7 heteroatoms. The van der Waals surface area contributed by atoms with Gasteiger partial charge in [0, 0.05) is 10.9 Å². The van der Waals surface area contributed by atoms with Crippen molar-refractivity contribution in [2.24, 2.45) is 0 Å². The standard InChI is InChI=1S/C29H31BNO5/c1-19(20-11-7-6-8-12-20)34-27(32)31-25-23-13-9-10-14-24(23)35-26(25)21-15-17-22(18-16-21)30-36-29(4,5)28(2,3)33/h6-19,33H,1-5H3,(H,31,32). The maximum Gasteiger partial charge on any atom is 0.412 e. The molecule has 2 N–H and O–H groups in total. The average Bonchev–Trinajstić information content (AvgIpc) is 3.21. The highest BCUT2D eigenvalue weighted by molar-refractivity contribution is 6.47. The zero-order chi connectivity index (χ0) is 25.9. The van der Waals surface area contributed by atoms with Crippen molar-refractivity contribution in [1.29, 1.82) is 0 Å². The number of benzene rings is 3. The van der Waals surface area contributed by atoms with Crippen LogP contribution in [0.1, 0.15) is 46.3 Å². The highest BCUT2D eigenvalue weighted by Crippen LogP contribution is 2.38. The summed E-state index contributed by atoms with van der Waals surface area (Å²) in [6, 6.07) is 24.7. The quantitative estimate of drug-likeness (QED) is 0.290. The number of nitrogens with one attached hydrogen (secondary N) is 1. The normalized spacial score (nSPS) is 12.8. The lowest BCUT2D eigenvalue weighted by atomic mass is 9.82. The van der Waals surface area contributed by atoms with Crippen molar-refractivity contribution >= 4 is 35.7 Å². The Balaban J connectivity index is 1.55. The Morgan fingerprint density at radius 2 is 1.58 bits per heavy atom. The van der Waals surface area contributed by atoms with Gasteiger partial charge in [0.15, 0.2) is 5.76 Å². The van der Waals surface area contributed by atoms with Crippen LogP contribution in [0, 0.1) is 0 Å². The van der Waals surface area contributed by atoms with E-state index < -0.39 is 23.4 Å². The van der Waals surface area contributed by atoms with Crippen LogP contribution in [-0.4, -0.2) is 29.9 Å². The molecule has 0 spiro atoms. The summed E-state index contributed by atoms with van der Waals surface area (Å²) in [5.41, 5.74) is 1.96. The lowest BCUT2D eigenvalue weighted by Gasteiger charge is -2.37. The first-order chi connectivity index (χ1) is 17.0. The van der Waals surface area contributed by atoms with Gasteiger partial charge in [-0.1, -0.05) is 72.2 Å². The van der Waals surface area contributed by atoms with Crippen LogP contribution in [-0.2, 0) is 9.39 Å². The molecule has 36 heavy (non-hydrogen) atoms. The molecule has 1 heterocycles. The van der Waals surface area contributed by atoms with E-state index in [-0.39, 0.29) is 0 Å². The molecular formula is C29H31BNO5. The van der Waals surface area contributed by atoms with Crippen LogP contribution >= 0.6 is 0 Å². The first kappa shape index (κ1) is 25.5. The molecule has 0 saturated carbocycles. The van der Waals surface area contributed by atoms with Gasteiger partial charge in [0.2, 0.25) is 0 Å². The van der Waals surface area contributed by atoms with Crippen molar-refractivity contribution in [1.82, 2.24) is 0 Å². The van der Waals surface area contributed by atoms with Crippen LogP contribution in [0.15, 0.2) is 83.3 Å². The van der Waals surface area contributed by atoms with E-state index >= 15 is 0 Å². The second-order valence-corrected chi connectivity index (χ2v) is 9.81. The minimum Gasteiger partial charge on any atom is -0.454 e. The monoisotopic (exact) mass is 484 g/mol. The molecule has 0 saturated heterocycles. The number of aliphatic hydroxyl groups is 1. The van der Waals surface area contributed by atoms with Crippen molar-refractivity contribution < 1.29 is 23.7 Å². The third kappa shape index (κ3) is 5.64. The molecule has 0 aliphatic carbocycles. The topological polar surface area (TPSA) is 80.9 Å². The van der Waals surface area contributed by atoms with Gasteiger partial charge in [0.25, 0.3) is 0 Å². The number of furan rings is 1. The Hall–Kier alpha value is -3.55. The van der Waals surface area contributed by atoms with E-state index in [2.05, 4.69) is 5.32 Å². The average molecular weight is 484 g/mol. The van der Waals surface area contributed by atoms with Crippen LogP contribution in [0.4, 0.5) is 10.5 Å². The Morgan fingerprint density at radius 3 is 2.25 bits per heavy atom. The molecule has 4 rings (SSSR count). The fraction of sp³-hybridized carbons (Fsp3) is 0.276. The predicted molar refractivity (Wildman–Crippen MR) is 143 cm³/mol. The molecule has 185 valence electrons. The van der Waals surface area contributed by atoms with Crippen molar-refractivity contribution in [3.8, 4) is 11.3 Å². The number of carbonyl (C=O) groups excluding carboxylic acids is 1. The number of para-hydroxylation sites is 1. The molecule has 0 aliphatic rings. The molecule has 0 aliphatic heterocycles. The third-order valence-electron chi connectivity index (χ3n) is 6.51. The van der Waals surface area contributed by atoms with Gasteiger partial charge in [0.1, 0.15) is 11.7 Å². The number of rotatable bonds is 8. The van der Waals surface area contributed by atoms with E-state index in [1.54, 1.807) is 21.3 Å². The summed E-state index contributed by atoms with van der Waals surface area (Å²) in [5, 5.41) is 14.0. The first-order valence-corrected chi connectivity index (χ1v) is 11.9. The zero-order valence-electron chi connectivity index (χ0n) is 21.2. The lowest BCUT2D eigenvalue weighted by Crippen LogP contribution is -2.49. The van der Waals surface area contributed by atoms with Crippen LogP contribution in [0.5, 0.6) is 0 Å². The smallest absolute Gasteiger partial charge is 0.412 e. The predicted octanol–water partition coefficient (Wildman–Crippen LogP) is 6.22. The van der Waals surface area contributed by atoms with Crippen LogP contribution in [0.25, 0.3) is 22.3 Å². The van der Waals surface area contributed by atoms with Crippen molar-refractivity contribution in [2.75, 3.05) is 5.32 Å². The van der Waals surface area contributed by atoms with E-state index in [1.807, 2.05) is 99.6 Å². The van der Waals surface area contributed by atoms with E-state index in [4.69, 9.17) is 13.8 Å². The molecular weight excluding hydrogens is 453 g/mol. The van der Waals surface area contributed by atoms with Gasteiger partial charge in [-0.25, -0.2) is 4.79 Å². The second-order valence-electron chi connectivity index (χ2n) is 9.81. The zero-order valence-corrected chi connectivity index (χ0v) is 21.2. The first-order valence-electron chi connectivity index (χ1n) is 11.9. The number of hydrogen-bond donors (Lipinski definition) is 2. The number of fused-ring (bicyclic) bond motifs is 1. The fourth-order valence-electron chi connectivity index (χ4n) is 3.53. The molecule has 1 amide bonds. The summed E-state index contributed by atoms with van der Waals surface area (Å²) < 4.78 is 17.6. The van der Waals surface area contributed by atoms with E-state index in [0.29, 0.717) is 17.0 Å². The molecule has 1 aromatic heterocycles. The molecule has 0 fully saturated rings. The van der Waals surface area contributed by atoms with Crippen LogP contribution in [0.3, 0.4) is 0 Å². The molecule has 0 bridgehead atoms. The van der Waals surface area contributed by atoms with Gasteiger partial charge in [0.05, 0.1) is 16.9 Å². The summed E-state index contributed by atoms with van der Waals surface area (Å²) in [4.78, 5) is 12.8. The van der Waals surface area contributed by atoms with Gasteiger partial charge >= 0.3 is 13.6 Å². The molecule has 1 unspecified atom stereocenters. The molecule has 6 nitrogen and oxygen atoms in total. The van der Waals surface area contributed by atoms with Crippen LogP contribution < -0.4 is 10.8 Å². The summed E-state index contributed by atoms with van der Waals surface area (Å²) in [6.45, 7) is 8.93. The Kier molecular flexibility index (Phi) is 7.24. The van der Waals surface area contributed by atoms with Gasteiger partial charge in [-0.05, 0) is 52.3 Å². The minimum absolute atomic E-state index is 0.407. The molecule has 1 atom stereocenters. The van der Waals surface area contributed by atoms with Crippen LogP contribution in [0.2, 0.25) is 0 Å². The Morgan fingerprint density at radius 1 is 0.944 bits per heavy atom. The summed E-state index contributed by atoms with van der Waals surface area (Å²) in [5.74, 6) is 0.532. The highest BCUT2D eigenvalue weighted by Gasteiger charge is 2.35. The number of amides is 1. The van der Waals surface area contributed by atoms with Crippen molar-refractivity contribution in [2.45, 2.75) is 51.9 Å². The van der Waals surface area contributed by atoms with E-state index in [0.717, 1.165) is 22.0 Å². The van der Waals surface area contributed by atoms with Gasteiger partial charge in [-0.15, -0.1) is 0 Å². The SMILES string of the molecule is CC(OC(=O)Nc1c(-c2ccc([B]OC(C)(C)C(C)(C)O)cc2)oc2ccccc12)c1ccccc1. The number of carbonyl (C=O) groups is 1. The minimum atomic E-state index is -1.01. The summed E-state index contributed by atoms with van der Waals surface area (Å²) in [7, 11) is 1.63. The Labute approximate surface area is 212 Å². The van der Waals surface area contributed by atoms with Gasteiger partial charge in [-0.2, -0.15) is 0 Å². The van der Waals surface area contributed by atoms with Crippen molar-refractivity contribution in [3.05, 3.63) is 84.4 Å². The fourth-order valence-corrected chi connectivity index (χ4v) is 3.53. The van der Waals surface area contributed by atoms with Crippen molar-refractivity contribution in [3.63, 3.8) is 0 Å². The maximum absolute atomic E-state index is 12.8. The second kappa shape index (κ2) is 10.2. The highest BCUT2D eigenvalue weighted by atomic mass is 16.6. The largest absolute Gasteiger partial charge is 0.454 e. The molecule has 4 aromatic rings. The van der Waals surface area contributed by atoms with E-state index in [1.165, 1.54) is 0 Å². The Bertz CT molecular complexity index is 1320. The number of hydrogen-bond acceptors (Lipinski definition) is 5. The summed E-state index contributed by atoms with van der Waals surface area (Å²) in [6.07, 6.45) is -0.970. The number of ether oxygens (including phenoxy) is 1. The summed E-state index contributed by atoms with van der Waals surface area (Å²) >= 11 is 0. The molecule has 3 aromatic carbocycles. The lowest BCUT2D eigenvalue weighted by molar-refractivity contribution is -0.0893. The third-order valence-corrected chi connectivity index (χ3v) is 6.51. The van der Waals surface area contributed by atoms with Gasteiger partial charge < -0.3 is 18.9 Å². The van der Waals surface area contributed by atoms with Gasteiger partial charge in [-0.3, -0.25) is 5.32 Å². The maximum atomic E-state index is 12.8. The number of anilines is 1. The van der Waals surface area contributed by atoms with E-state index in [9.17, 15) is 9.90 Å². The molecule has 1 radical (unpaired) electrons.